The van der Waals surface area contributed by atoms with Crippen LogP contribution in [-0.4, -0.2) is 19.9 Å². The van der Waals surface area contributed by atoms with E-state index in [1.807, 2.05) is 37.3 Å². The third-order valence-corrected chi connectivity index (χ3v) is 4.34. The molecular weight excluding hydrogens is 353 g/mol. The van der Waals surface area contributed by atoms with Crippen LogP contribution in [0.25, 0.3) is 22.4 Å². The van der Waals surface area contributed by atoms with Crippen molar-refractivity contribution in [2.45, 2.75) is 13.0 Å². The Morgan fingerprint density at radius 1 is 1.15 bits per heavy atom. The second-order valence-corrected chi connectivity index (χ2v) is 6.36. The Bertz CT molecular complexity index is 1060. The minimum absolute atomic E-state index is 0.104. The molecule has 0 bridgehead atoms. The van der Waals surface area contributed by atoms with Crippen molar-refractivity contribution in [1.82, 2.24) is 19.9 Å². The number of H-pyrrole nitrogens is 1. The van der Waals surface area contributed by atoms with E-state index in [-0.39, 0.29) is 11.9 Å². The summed E-state index contributed by atoms with van der Waals surface area (Å²) < 4.78 is 14.2. The zero-order chi connectivity index (χ0) is 18.1. The molecule has 130 valence electrons. The Labute approximate surface area is 154 Å². The Balaban J connectivity index is 1.71. The Kier molecular flexibility index (Phi) is 4.26. The van der Waals surface area contributed by atoms with Crippen LogP contribution < -0.4 is 5.32 Å². The smallest absolute Gasteiger partial charge is 0.183 e. The van der Waals surface area contributed by atoms with E-state index in [4.69, 9.17) is 11.6 Å². The van der Waals surface area contributed by atoms with Gasteiger partial charge in [-0.2, -0.15) is 0 Å². The van der Waals surface area contributed by atoms with E-state index in [2.05, 4.69) is 25.3 Å². The minimum atomic E-state index is -0.507. The second kappa shape index (κ2) is 6.72. The SMILES string of the molecule is C[C@H](Nc1nc(-c2c[nH]c3ncc(Cl)cc23)ncc1F)c1ccccc1. The number of fused-ring (bicyclic) bond motifs is 1. The highest BCUT2D eigenvalue weighted by Gasteiger charge is 2.15. The van der Waals surface area contributed by atoms with Gasteiger partial charge in [0.2, 0.25) is 0 Å². The maximum Gasteiger partial charge on any atom is 0.183 e. The first-order chi connectivity index (χ1) is 12.6. The highest BCUT2D eigenvalue weighted by atomic mass is 35.5. The van der Waals surface area contributed by atoms with E-state index < -0.39 is 5.82 Å². The average Bonchev–Trinajstić information content (AvgIpc) is 3.07. The van der Waals surface area contributed by atoms with Gasteiger partial charge in [-0.05, 0) is 18.6 Å². The number of nitrogens with one attached hydrogen (secondary N) is 2. The summed E-state index contributed by atoms with van der Waals surface area (Å²) in [5.74, 6) is 0.0349. The van der Waals surface area contributed by atoms with Gasteiger partial charge in [0.25, 0.3) is 0 Å². The van der Waals surface area contributed by atoms with E-state index in [0.717, 1.165) is 10.9 Å². The molecule has 3 aromatic heterocycles. The van der Waals surface area contributed by atoms with Gasteiger partial charge in [0.15, 0.2) is 17.5 Å². The molecule has 0 unspecified atom stereocenters. The fourth-order valence-electron chi connectivity index (χ4n) is 2.79. The minimum Gasteiger partial charge on any atom is -0.361 e. The van der Waals surface area contributed by atoms with Gasteiger partial charge in [0, 0.05) is 23.3 Å². The van der Waals surface area contributed by atoms with Crippen molar-refractivity contribution in [3.05, 3.63) is 71.4 Å². The van der Waals surface area contributed by atoms with Gasteiger partial charge < -0.3 is 10.3 Å². The zero-order valence-electron chi connectivity index (χ0n) is 13.9. The summed E-state index contributed by atoms with van der Waals surface area (Å²) >= 11 is 6.04. The number of aromatic nitrogens is 4. The van der Waals surface area contributed by atoms with Crippen LogP contribution in [-0.2, 0) is 0 Å². The number of pyridine rings is 1. The first-order valence-corrected chi connectivity index (χ1v) is 8.46. The summed E-state index contributed by atoms with van der Waals surface area (Å²) in [6, 6.07) is 11.5. The summed E-state index contributed by atoms with van der Waals surface area (Å²) in [6.07, 6.45) is 4.47. The molecule has 26 heavy (non-hydrogen) atoms. The molecule has 0 amide bonds. The van der Waals surface area contributed by atoms with Gasteiger partial charge in [0.05, 0.1) is 17.3 Å². The Hall–Kier alpha value is -2.99. The standard InChI is InChI=1S/C19H15ClFN5/c1-11(12-5-3-2-4-6-12)25-19-16(21)10-24-18(26-19)15-9-23-17-14(15)7-13(20)8-22-17/h2-11H,1H3,(H,22,23)(H,24,25,26)/t11-/m0/s1. The second-order valence-electron chi connectivity index (χ2n) is 5.92. The molecule has 0 fully saturated rings. The van der Waals surface area contributed by atoms with Crippen molar-refractivity contribution in [1.29, 1.82) is 0 Å². The molecule has 4 aromatic rings. The number of nitrogens with zero attached hydrogens (tertiary/aromatic N) is 3. The molecule has 0 aliphatic carbocycles. The largest absolute Gasteiger partial charge is 0.361 e. The maximum atomic E-state index is 14.2. The normalized spacial score (nSPS) is 12.3. The molecule has 3 heterocycles. The highest BCUT2D eigenvalue weighted by molar-refractivity contribution is 6.31. The van der Waals surface area contributed by atoms with Crippen LogP contribution >= 0.6 is 11.6 Å². The summed E-state index contributed by atoms with van der Waals surface area (Å²) in [7, 11) is 0. The van der Waals surface area contributed by atoms with Gasteiger partial charge in [-0.25, -0.2) is 19.3 Å². The molecule has 4 rings (SSSR count). The number of hydrogen-bond donors (Lipinski definition) is 2. The van der Waals surface area contributed by atoms with Crippen molar-refractivity contribution >= 4 is 28.5 Å². The molecule has 7 heteroatoms. The summed E-state index contributed by atoms with van der Waals surface area (Å²) in [5, 5.41) is 4.40. The lowest BCUT2D eigenvalue weighted by atomic mass is 10.1. The molecule has 0 aliphatic heterocycles. The molecule has 0 saturated heterocycles. The monoisotopic (exact) mass is 367 g/mol. The average molecular weight is 368 g/mol. The van der Waals surface area contributed by atoms with Gasteiger partial charge in [-0.3, -0.25) is 0 Å². The van der Waals surface area contributed by atoms with E-state index in [1.54, 1.807) is 18.5 Å². The Morgan fingerprint density at radius 2 is 1.96 bits per heavy atom. The van der Waals surface area contributed by atoms with E-state index in [0.29, 0.717) is 22.1 Å². The molecule has 0 saturated carbocycles. The van der Waals surface area contributed by atoms with Crippen molar-refractivity contribution < 1.29 is 4.39 Å². The first-order valence-electron chi connectivity index (χ1n) is 8.09. The summed E-state index contributed by atoms with van der Waals surface area (Å²) in [4.78, 5) is 15.8. The van der Waals surface area contributed by atoms with Gasteiger partial charge in [-0.1, -0.05) is 41.9 Å². The lowest BCUT2D eigenvalue weighted by molar-refractivity contribution is 0.614. The third kappa shape index (κ3) is 3.11. The Morgan fingerprint density at radius 3 is 2.77 bits per heavy atom. The van der Waals surface area contributed by atoms with Crippen LogP contribution in [0.4, 0.5) is 10.2 Å². The number of hydrogen-bond acceptors (Lipinski definition) is 4. The predicted octanol–water partition coefficient (Wildman–Crippen LogP) is 4.99. The zero-order valence-corrected chi connectivity index (χ0v) is 14.6. The van der Waals surface area contributed by atoms with Gasteiger partial charge >= 0.3 is 0 Å². The summed E-state index contributed by atoms with van der Waals surface area (Å²) in [6.45, 7) is 1.95. The van der Waals surface area contributed by atoms with Crippen molar-refractivity contribution in [3.63, 3.8) is 0 Å². The number of rotatable bonds is 4. The fraction of sp³-hybridized carbons (Fsp3) is 0.105. The molecule has 0 spiro atoms. The van der Waals surface area contributed by atoms with Crippen LogP contribution in [0.2, 0.25) is 5.02 Å². The predicted molar refractivity (Wildman–Crippen MR) is 101 cm³/mol. The number of halogens is 2. The molecule has 0 radical (unpaired) electrons. The van der Waals surface area contributed by atoms with E-state index >= 15 is 0 Å². The fourth-order valence-corrected chi connectivity index (χ4v) is 2.95. The van der Waals surface area contributed by atoms with Gasteiger partial charge in [-0.15, -0.1) is 0 Å². The topological polar surface area (TPSA) is 66.5 Å². The van der Waals surface area contributed by atoms with Crippen LogP contribution in [0.1, 0.15) is 18.5 Å². The summed E-state index contributed by atoms with van der Waals surface area (Å²) in [5.41, 5.74) is 2.42. The van der Waals surface area contributed by atoms with Crippen LogP contribution in [0.5, 0.6) is 0 Å². The number of anilines is 1. The van der Waals surface area contributed by atoms with E-state index in [1.165, 1.54) is 6.20 Å². The molecular formula is C19H15ClFN5. The third-order valence-electron chi connectivity index (χ3n) is 4.14. The maximum absolute atomic E-state index is 14.2. The lowest BCUT2D eigenvalue weighted by Crippen LogP contribution is -2.10. The van der Waals surface area contributed by atoms with Crippen LogP contribution in [0.3, 0.4) is 0 Å². The van der Waals surface area contributed by atoms with Crippen molar-refractivity contribution in [2.75, 3.05) is 5.32 Å². The quantitative estimate of drug-likeness (QED) is 0.533. The molecule has 5 nitrogen and oxygen atoms in total. The van der Waals surface area contributed by atoms with Crippen LogP contribution in [0, 0.1) is 5.82 Å². The highest BCUT2D eigenvalue weighted by Crippen LogP contribution is 2.29. The molecule has 2 N–H and O–H groups in total. The van der Waals surface area contributed by atoms with Crippen LogP contribution in [0.15, 0.2) is 55.0 Å². The molecule has 1 aromatic carbocycles. The van der Waals surface area contributed by atoms with Gasteiger partial charge in [0.1, 0.15) is 5.65 Å². The molecule has 1 atom stereocenters. The van der Waals surface area contributed by atoms with Crippen molar-refractivity contribution in [3.8, 4) is 11.4 Å². The molecule has 0 aliphatic rings. The first kappa shape index (κ1) is 16.5. The van der Waals surface area contributed by atoms with Crippen molar-refractivity contribution in [2.24, 2.45) is 0 Å². The van der Waals surface area contributed by atoms with E-state index in [9.17, 15) is 4.39 Å². The number of aromatic amines is 1. The lowest BCUT2D eigenvalue weighted by Gasteiger charge is -2.15. The number of benzene rings is 1.